The van der Waals surface area contributed by atoms with Crippen LogP contribution in [-0.2, 0) is 0 Å². The van der Waals surface area contributed by atoms with E-state index < -0.39 is 0 Å². The normalized spacial score (nSPS) is 12.8. The maximum absolute atomic E-state index is 6.73. The van der Waals surface area contributed by atoms with Gasteiger partial charge in [0.25, 0.3) is 6.71 Å². The second kappa shape index (κ2) is 15.2. The Bertz CT molecular complexity index is 3970. The van der Waals surface area contributed by atoms with Crippen molar-refractivity contribution < 1.29 is 4.42 Å². The first-order chi connectivity index (χ1) is 34.7. The largest absolute Gasteiger partial charge is 0.436 e. The zero-order valence-corrected chi connectivity index (χ0v) is 37.9. The SMILES string of the molecule is c1ccc(-c2ccc(N3c4cc(-c5nc6ccccc6o5)cc5c4B(c4ccc6cc7ccccc7cc6c43)c3ccc4cc6ccccc6cc4c3N5c3ccc(-c4ccccc4)cc3)cc2)cc1. The zero-order valence-electron chi connectivity index (χ0n) is 37.9. The Hall–Kier alpha value is -9.19. The highest BCUT2D eigenvalue weighted by Gasteiger charge is 2.45. The van der Waals surface area contributed by atoms with Gasteiger partial charge in [0.05, 0.1) is 0 Å². The Labute approximate surface area is 405 Å². The van der Waals surface area contributed by atoms with Crippen LogP contribution in [0.1, 0.15) is 0 Å². The van der Waals surface area contributed by atoms with Crippen molar-refractivity contribution in [3.05, 3.63) is 243 Å². The lowest BCUT2D eigenvalue weighted by Gasteiger charge is -2.45. The number of benzene rings is 12. The fraction of sp³-hybridized carbons (Fsp3) is 0. The van der Waals surface area contributed by atoms with E-state index in [1.165, 1.54) is 93.1 Å². The van der Waals surface area contributed by atoms with Crippen LogP contribution in [0.5, 0.6) is 0 Å². The van der Waals surface area contributed by atoms with Gasteiger partial charge >= 0.3 is 0 Å². The van der Waals surface area contributed by atoms with Crippen molar-refractivity contribution >= 4 is 111 Å². The molecule has 5 heteroatoms. The lowest BCUT2D eigenvalue weighted by Crippen LogP contribution is -2.61. The molecule has 0 saturated carbocycles. The van der Waals surface area contributed by atoms with Gasteiger partial charge in [-0.05, 0) is 144 Å². The molecule has 0 spiro atoms. The monoisotopic (exact) mass is 889 g/mol. The van der Waals surface area contributed by atoms with E-state index in [0.29, 0.717) is 5.89 Å². The standard InChI is InChI=1S/C65H40BN3O/c1-3-13-41(14-4-1)43-23-29-52(30-24-43)68-59-39-51(65-67-58-21-11-12-22-61(58)70-65)40-60-62(59)66(56-33-27-49-35-45-17-7-9-19-47(45)37-54(49)63(56)68)57-34-28-50-36-46-18-8-10-20-48(46)38-55(50)64(57)69(60)53-31-25-44(26-32-53)42-15-5-2-6-16-42/h1-40H. The van der Waals surface area contributed by atoms with E-state index >= 15 is 0 Å². The average molecular weight is 890 g/mol. The number of anilines is 6. The fourth-order valence-electron chi connectivity index (χ4n) is 11.5. The molecule has 0 bridgehead atoms. The van der Waals surface area contributed by atoms with Crippen LogP contribution in [0.3, 0.4) is 0 Å². The average Bonchev–Trinajstić information content (AvgIpc) is 3.87. The van der Waals surface area contributed by atoms with Gasteiger partial charge in [0.15, 0.2) is 5.58 Å². The lowest BCUT2D eigenvalue weighted by molar-refractivity contribution is 0.620. The van der Waals surface area contributed by atoms with Crippen molar-refractivity contribution in [3.8, 4) is 33.7 Å². The molecule has 2 aliphatic rings. The first kappa shape index (κ1) is 38.9. The third kappa shape index (κ3) is 5.95. The topological polar surface area (TPSA) is 32.5 Å². The van der Waals surface area contributed by atoms with Crippen LogP contribution >= 0.6 is 0 Å². The van der Waals surface area contributed by atoms with E-state index in [-0.39, 0.29) is 6.71 Å². The molecule has 0 N–H and O–H groups in total. The number of oxazole rings is 1. The highest BCUT2D eigenvalue weighted by molar-refractivity contribution is 7.00. The van der Waals surface area contributed by atoms with Crippen LogP contribution in [-0.4, -0.2) is 11.7 Å². The molecular weight excluding hydrogens is 850 g/mol. The van der Waals surface area contributed by atoms with Crippen molar-refractivity contribution in [2.24, 2.45) is 0 Å². The molecule has 0 atom stereocenters. The van der Waals surface area contributed by atoms with Crippen molar-refractivity contribution in [1.82, 2.24) is 4.98 Å². The molecule has 0 saturated heterocycles. The molecule has 70 heavy (non-hydrogen) atoms. The minimum atomic E-state index is -0.112. The molecule has 13 aromatic rings. The summed E-state index contributed by atoms with van der Waals surface area (Å²) in [5, 5.41) is 9.67. The lowest BCUT2D eigenvalue weighted by atomic mass is 9.33. The van der Waals surface area contributed by atoms with Gasteiger partial charge < -0.3 is 14.2 Å². The Morgan fingerprint density at radius 1 is 0.343 bits per heavy atom. The van der Waals surface area contributed by atoms with Gasteiger partial charge in [0.2, 0.25) is 5.89 Å². The van der Waals surface area contributed by atoms with Gasteiger partial charge in [-0.15, -0.1) is 0 Å². The van der Waals surface area contributed by atoms with Crippen molar-refractivity contribution in [3.63, 3.8) is 0 Å². The molecule has 3 heterocycles. The summed E-state index contributed by atoms with van der Waals surface area (Å²) in [6.07, 6.45) is 0. The third-order valence-corrected chi connectivity index (χ3v) is 14.8. The molecule has 1 aromatic heterocycles. The van der Waals surface area contributed by atoms with Gasteiger partial charge in [0.1, 0.15) is 5.52 Å². The Kier molecular flexibility index (Phi) is 8.42. The summed E-state index contributed by atoms with van der Waals surface area (Å²) >= 11 is 0. The van der Waals surface area contributed by atoms with E-state index in [9.17, 15) is 0 Å². The highest BCUT2D eigenvalue weighted by atomic mass is 16.3. The van der Waals surface area contributed by atoms with Gasteiger partial charge in [-0.2, -0.15) is 0 Å². The first-order valence-corrected chi connectivity index (χ1v) is 24.0. The molecule has 0 amide bonds. The van der Waals surface area contributed by atoms with Crippen molar-refractivity contribution in [1.29, 1.82) is 0 Å². The summed E-state index contributed by atoms with van der Waals surface area (Å²) in [6, 6.07) is 88.7. The number of hydrogen-bond acceptors (Lipinski definition) is 4. The molecule has 4 nitrogen and oxygen atoms in total. The molecule has 0 fully saturated rings. The summed E-state index contributed by atoms with van der Waals surface area (Å²) in [4.78, 5) is 10.2. The van der Waals surface area contributed by atoms with E-state index in [1.54, 1.807) is 0 Å². The number of hydrogen-bond donors (Lipinski definition) is 0. The molecule has 2 aliphatic heterocycles. The number of aromatic nitrogens is 1. The third-order valence-electron chi connectivity index (χ3n) is 14.8. The highest BCUT2D eigenvalue weighted by Crippen LogP contribution is 2.50. The van der Waals surface area contributed by atoms with Crippen LogP contribution < -0.4 is 26.2 Å². The van der Waals surface area contributed by atoms with Crippen LogP contribution in [0.2, 0.25) is 0 Å². The molecule has 0 unspecified atom stereocenters. The predicted octanol–water partition coefficient (Wildman–Crippen LogP) is 15.5. The second-order valence-electron chi connectivity index (χ2n) is 18.7. The molecule has 15 rings (SSSR count). The predicted molar refractivity (Wildman–Crippen MR) is 294 cm³/mol. The van der Waals surface area contributed by atoms with E-state index in [2.05, 4.69) is 228 Å². The molecular formula is C65H40BN3O. The second-order valence-corrected chi connectivity index (χ2v) is 18.7. The minimum absolute atomic E-state index is 0.112. The van der Waals surface area contributed by atoms with Crippen LogP contribution in [0, 0.1) is 0 Å². The number of rotatable bonds is 5. The zero-order chi connectivity index (χ0) is 45.9. The smallest absolute Gasteiger partial charge is 0.252 e. The minimum Gasteiger partial charge on any atom is -0.436 e. The van der Waals surface area contributed by atoms with Crippen LogP contribution in [0.15, 0.2) is 247 Å². The maximum Gasteiger partial charge on any atom is 0.252 e. The number of nitrogens with zero attached hydrogens (tertiary/aromatic N) is 3. The first-order valence-electron chi connectivity index (χ1n) is 24.0. The van der Waals surface area contributed by atoms with E-state index in [0.717, 1.165) is 39.4 Å². The summed E-state index contributed by atoms with van der Waals surface area (Å²) in [6.45, 7) is -0.112. The summed E-state index contributed by atoms with van der Waals surface area (Å²) in [7, 11) is 0. The van der Waals surface area contributed by atoms with Gasteiger partial charge in [-0.3, -0.25) is 0 Å². The Morgan fingerprint density at radius 3 is 1.26 bits per heavy atom. The number of para-hydroxylation sites is 2. The fourth-order valence-corrected chi connectivity index (χ4v) is 11.5. The molecule has 0 aliphatic carbocycles. The molecule has 324 valence electrons. The summed E-state index contributed by atoms with van der Waals surface area (Å²) in [5.41, 5.74) is 17.7. The van der Waals surface area contributed by atoms with Crippen LogP contribution in [0.4, 0.5) is 34.1 Å². The molecule has 12 aromatic carbocycles. The van der Waals surface area contributed by atoms with Gasteiger partial charge in [0, 0.05) is 50.5 Å². The van der Waals surface area contributed by atoms with Gasteiger partial charge in [-0.1, -0.05) is 170 Å². The molecule has 0 radical (unpaired) electrons. The quantitative estimate of drug-likeness (QED) is 0.127. The summed E-state index contributed by atoms with van der Waals surface area (Å²) in [5.74, 6) is 0.583. The van der Waals surface area contributed by atoms with E-state index in [1.807, 2.05) is 24.3 Å². The number of fused-ring (bicyclic) bond motifs is 11. The van der Waals surface area contributed by atoms with Crippen LogP contribution in [0.25, 0.3) is 87.9 Å². The Morgan fingerprint density at radius 2 is 0.771 bits per heavy atom. The summed E-state index contributed by atoms with van der Waals surface area (Å²) < 4.78 is 6.73. The van der Waals surface area contributed by atoms with Crippen molar-refractivity contribution in [2.45, 2.75) is 0 Å². The Balaban J connectivity index is 1.08. The maximum atomic E-state index is 6.73. The van der Waals surface area contributed by atoms with Crippen molar-refractivity contribution in [2.75, 3.05) is 9.80 Å². The van der Waals surface area contributed by atoms with Gasteiger partial charge in [-0.25, -0.2) is 4.98 Å². The van der Waals surface area contributed by atoms with E-state index in [4.69, 9.17) is 9.40 Å².